The van der Waals surface area contributed by atoms with Crippen molar-refractivity contribution in [3.05, 3.63) is 34.9 Å². The van der Waals surface area contributed by atoms with Gasteiger partial charge in [0.05, 0.1) is 10.6 Å². The smallest absolute Gasteiger partial charge is 0.306 e. The Morgan fingerprint density at radius 1 is 1.18 bits per heavy atom. The van der Waals surface area contributed by atoms with Crippen molar-refractivity contribution in [1.29, 1.82) is 0 Å². The third kappa shape index (κ3) is 7.89. The van der Waals surface area contributed by atoms with Crippen LogP contribution < -0.4 is 5.32 Å². The molecule has 0 bridgehead atoms. The Morgan fingerprint density at radius 3 is 2.32 bits per heavy atom. The van der Waals surface area contributed by atoms with E-state index in [4.69, 9.17) is 16.3 Å². The Hall–Kier alpha value is -2.08. The van der Waals surface area contributed by atoms with Crippen LogP contribution in [0.4, 0.5) is 0 Å². The van der Waals surface area contributed by atoms with Crippen molar-refractivity contribution in [2.75, 3.05) is 13.6 Å². The summed E-state index contributed by atoms with van der Waals surface area (Å²) < 4.78 is 5.27. The average Bonchev–Trinajstić information content (AvgIpc) is 2.57. The summed E-state index contributed by atoms with van der Waals surface area (Å²) >= 11 is 6.07. The normalized spacial score (nSPS) is 12.4. The van der Waals surface area contributed by atoms with Crippen molar-refractivity contribution < 1.29 is 19.1 Å². The molecular weight excluding hydrogens is 380 g/mol. The van der Waals surface area contributed by atoms with Crippen molar-refractivity contribution in [1.82, 2.24) is 10.2 Å². The number of amides is 2. The van der Waals surface area contributed by atoms with E-state index in [0.717, 1.165) is 0 Å². The lowest BCUT2D eigenvalue weighted by Crippen LogP contribution is -2.50. The van der Waals surface area contributed by atoms with E-state index in [2.05, 4.69) is 5.32 Å². The molecule has 0 spiro atoms. The van der Waals surface area contributed by atoms with Crippen LogP contribution >= 0.6 is 11.6 Å². The number of nitrogens with one attached hydrogen (secondary N) is 1. The van der Waals surface area contributed by atoms with Crippen LogP contribution in [-0.2, 0) is 14.3 Å². The first-order valence-corrected chi connectivity index (χ1v) is 9.82. The molecule has 2 amide bonds. The first kappa shape index (κ1) is 24.0. The molecule has 0 saturated carbocycles. The van der Waals surface area contributed by atoms with E-state index in [9.17, 15) is 14.4 Å². The van der Waals surface area contributed by atoms with Crippen molar-refractivity contribution in [2.24, 2.45) is 5.92 Å². The maximum Gasteiger partial charge on any atom is 0.306 e. The van der Waals surface area contributed by atoms with Crippen LogP contribution in [0.5, 0.6) is 0 Å². The molecular formula is C21H31ClN2O4. The van der Waals surface area contributed by atoms with Gasteiger partial charge >= 0.3 is 5.97 Å². The quantitative estimate of drug-likeness (QED) is 0.663. The number of hydrogen-bond acceptors (Lipinski definition) is 4. The van der Waals surface area contributed by atoms with Crippen LogP contribution in [-0.4, -0.2) is 47.9 Å². The van der Waals surface area contributed by atoms with Crippen LogP contribution in [0.1, 0.15) is 57.8 Å². The van der Waals surface area contributed by atoms with Crippen LogP contribution in [0.2, 0.25) is 5.02 Å². The largest absolute Gasteiger partial charge is 0.460 e. The van der Waals surface area contributed by atoms with Crippen LogP contribution in [0.3, 0.4) is 0 Å². The minimum absolute atomic E-state index is 0.104. The number of halogens is 1. The molecule has 156 valence electrons. The summed E-state index contributed by atoms with van der Waals surface area (Å²) in [7, 11) is 1.66. The van der Waals surface area contributed by atoms with E-state index >= 15 is 0 Å². The summed E-state index contributed by atoms with van der Waals surface area (Å²) in [5, 5.41) is 3.11. The lowest BCUT2D eigenvalue weighted by atomic mass is 10.0. The fourth-order valence-corrected chi connectivity index (χ4v) is 2.80. The molecule has 0 aromatic heterocycles. The maximum atomic E-state index is 12.8. The second-order valence-corrected chi connectivity index (χ2v) is 8.53. The average molecular weight is 411 g/mol. The van der Waals surface area contributed by atoms with Crippen molar-refractivity contribution in [3.63, 3.8) is 0 Å². The molecule has 0 fully saturated rings. The van der Waals surface area contributed by atoms with Gasteiger partial charge in [0.25, 0.3) is 5.91 Å². The molecule has 28 heavy (non-hydrogen) atoms. The van der Waals surface area contributed by atoms with Gasteiger partial charge in [0.15, 0.2) is 0 Å². The molecule has 1 N–H and O–H groups in total. The number of ether oxygens (including phenoxy) is 1. The topological polar surface area (TPSA) is 75.7 Å². The van der Waals surface area contributed by atoms with Gasteiger partial charge in [-0.1, -0.05) is 37.6 Å². The highest BCUT2D eigenvalue weighted by Crippen LogP contribution is 2.16. The third-order valence-electron chi connectivity index (χ3n) is 4.01. The Kier molecular flexibility index (Phi) is 8.95. The molecule has 7 heteroatoms. The highest BCUT2D eigenvalue weighted by Gasteiger charge is 2.28. The molecule has 1 unspecified atom stereocenters. The highest BCUT2D eigenvalue weighted by molar-refractivity contribution is 6.33. The SMILES string of the molecule is CC(C)C(NC(=O)c1ccccc1Cl)C(=O)N(C)CCCC(=O)OC(C)(C)C. The van der Waals surface area contributed by atoms with E-state index < -0.39 is 11.6 Å². The molecule has 1 atom stereocenters. The summed E-state index contributed by atoms with van der Waals surface area (Å²) in [6.45, 7) is 9.57. The lowest BCUT2D eigenvalue weighted by Gasteiger charge is -2.27. The molecule has 1 aromatic carbocycles. The zero-order valence-corrected chi connectivity index (χ0v) is 18.3. The molecule has 6 nitrogen and oxygen atoms in total. The molecule has 0 heterocycles. The minimum Gasteiger partial charge on any atom is -0.460 e. The minimum atomic E-state index is -0.685. The number of nitrogens with zero attached hydrogens (tertiary/aromatic N) is 1. The van der Waals surface area contributed by atoms with Gasteiger partial charge in [0.2, 0.25) is 5.91 Å². The maximum absolute atomic E-state index is 12.8. The molecule has 0 aliphatic rings. The fraction of sp³-hybridized carbons (Fsp3) is 0.571. The van der Waals surface area contributed by atoms with Crippen LogP contribution in [0.25, 0.3) is 0 Å². The molecule has 0 radical (unpaired) electrons. The summed E-state index contributed by atoms with van der Waals surface area (Å²) in [6, 6.07) is 6.02. The van der Waals surface area contributed by atoms with Gasteiger partial charge < -0.3 is 15.0 Å². The molecule has 1 rings (SSSR count). The number of esters is 1. The Morgan fingerprint density at radius 2 is 1.79 bits per heavy atom. The van der Waals surface area contributed by atoms with E-state index in [1.165, 1.54) is 4.90 Å². The Labute approximate surface area is 172 Å². The van der Waals surface area contributed by atoms with E-state index in [0.29, 0.717) is 23.6 Å². The molecule has 0 saturated heterocycles. The van der Waals surface area contributed by atoms with Gasteiger partial charge in [-0.25, -0.2) is 0 Å². The van der Waals surface area contributed by atoms with Crippen molar-refractivity contribution in [3.8, 4) is 0 Å². The first-order valence-electron chi connectivity index (χ1n) is 9.44. The second kappa shape index (κ2) is 10.5. The predicted octanol–water partition coefficient (Wildman–Crippen LogP) is 3.67. The van der Waals surface area contributed by atoms with Gasteiger partial charge in [-0.05, 0) is 45.2 Å². The van der Waals surface area contributed by atoms with Crippen LogP contribution in [0, 0.1) is 5.92 Å². The lowest BCUT2D eigenvalue weighted by molar-refractivity contribution is -0.155. The summed E-state index contributed by atoms with van der Waals surface area (Å²) in [5.41, 5.74) is -0.194. The number of rotatable bonds is 8. The Bertz CT molecular complexity index is 698. The number of benzene rings is 1. The fourth-order valence-electron chi connectivity index (χ4n) is 2.58. The van der Waals surface area contributed by atoms with Crippen LogP contribution in [0.15, 0.2) is 24.3 Å². The number of likely N-dealkylation sites (N-methyl/N-ethyl adjacent to an activating group) is 1. The van der Waals surface area contributed by atoms with Crippen molar-refractivity contribution >= 4 is 29.4 Å². The second-order valence-electron chi connectivity index (χ2n) is 8.12. The number of carbonyl (C=O) groups excluding carboxylic acids is 3. The zero-order valence-electron chi connectivity index (χ0n) is 17.5. The summed E-state index contributed by atoms with van der Waals surface area (Å²) in [5.74, 6) is -0.993. The third-order valence-corrected chi connectivity index (χ3v) is 4.34. The monoisotopic (exact) mass is 410 g/mol. The molecule has 0 aliphatic carbocycles. The van der Waals surface area contributed by atoms with Crippen molar-refractivity contribution in [2.45, 2.75) is 59.1 Å². The summed E-state index contributed by atoms with van der Waals surface area (Å²) in [4.78, 5) is 38.6. The van der Waals surface area contributed by atoms with E-state index in [1.54, 1.807) is 31.3 Å². The zero-order chi connectivity index (χ0) is 21.5. The number of carbonyl (C=O) groups is 3. The molecule has 0 aliphatic heterocycles. The summed E-state index contributed by atoms with van der Waals surface area (Å²) in [6.07, 6.45) is 0.716. The predicted molar refractivity (Wildman–Crippen MR) is 110 cm³/mol. The van der Waals surface area contributed by atoms with Gasteiger partial charge in [-0.2, -0.15) is 0 Å². The highest BCUT2D eigenvalue weighted by atomic mass is 35.5. The van der Waals surface area contributed by atoms with Gasteiger partial charge in [0.1, 0.15) is 11.6 Å². The molecule has 1 aromatic rings. The van der Waals surface area contributed by atoms with E-state index in [1.807, 2.05) is 34.6 Å². The van der Waals surface area contributed by atoms with Gasteiger partial charge in [-0.3, -0.25) is 14.4 Å². The Balaban J connectivity index is 2.65. The first-order chi connectivity index (χ1) is 12.9. The number of hydrogen-bond donors (Lipinski definition) is 1. The van der Waals surface area contributed by atoms with E-state index in [-0.39, 0.29) is 30.1 Å². The van der Waals surface area contributed by atoms with Gasteiger partial charge in [-0.15, -0.1) is 0 Å². The standard InChI is InChI=1S/C21H31ClN2O4/c1-14(2)18(23-19(26)15-10-7-8-11-16(15)22)20(27)24(6)13-9-12-17(25)28-21(3,4)5/h7-8,10-11,14,18H,9,12-13H2,1-6H3,(H,23,26). The van der Waals surface area contributed by atoms with Gasteiger partial charge in [0, 0.05) is 20.0 Å².